The van der Waals surface area contributed by atoms with E-state index in [1.807, 2.05) is 13.0 Å². The lowest BCUT2D eigenvalue weighted by molar-refractivity contribution is -0.132. The van der Waals surface area contributed by atoms with Crippen LogP contribution in [0.3, 0.4) is 0 Å². The minimum absolute atomic E-state index is 0.102. The fourth-order valence-electron chi connectivity index (χ4n) is 3.56. The zero-order valence-corrected chi connectivity index (χ0v) is 18.7. The van der Waals surface area contributed by atoms with Gasteiger partial charge in [0.15, 0.2) is 5.78 Å². The molecule has 0 N–H and O–H groups in total. The maximum Gasteiger partial charge on any atom is 0.243 e. The second kappa shape index (κ2) is 9.29. The predicted molar refractivity (Wildman–Crippen MR) is 116 cm³/mol. The summed E-state index contributed by atoms with van der Waals surface area (Å²) in [5.74, 6) is -0.253. The van der Waals surface area contributed by atoms with Gasteiger partial charge in [0.2, 0.25) is 15.9 Å². The van der Waals surface area contributed by atoms with E-state index in [0.717, 1.165) is 5.56 Å². The lowest BCUT2D eigenvalue weighted by atomic mass is 10.1. The van der Waals surface area contributed by atoms with Crippen molar-refractivity contribution in [2.24, 2.45) is 0 Å². The van der Waals surface area contributed by atoms with E-state index >= 15 is 0 Å². The molecule has 1 amide bonds. The molecule has 0 saturated carbocycles. The van der Waals surface area contributed by atoms with Crippen molar-refractivity contribution in [3.8, 4) is 0 Å². The number of ketones is 1. The van der Waals surface area contributed by atoms with Crippen LogP contribution in [0.1, 0.15) is 34.3 Å². The van der Waals surface area contributed by atoms with Crippen LogP contribution in [0.4, 0.5) is 0 Å². The highest BCUT2D eigenvalue weighted by atomic mass is 35.5. The van der Waals surface area contributed by atoms with Crippen LogP contribution >= 0.6 is 11.6 Å². The minimum atomic E-state index is -3.59. The first kappa shape index (κ1) is 22.5. The quantitative estimate of drug-likeness (QED) is 0.634. The van der Waals surface area contributed by atoms with Crippen molar-refractivity contribution in [1.29, 1.82) is 0 Å². The average Bonchev–Trinajstić information content (AvgIpc) is 2.72. The summed E-state index contributed by atoms with van der Waals surface area (Å²) < 4.78 is 27.3. The molecule has 0 bridgehead atoms. The highest BCUT2D eigenvalue weighted by molar-refractivity contribution is 7.89. The molecule has 6 nitrogen and oxygen atoms in total. The summed E-state index contributed by atoms with van der Waals surface area (Å²) in [6.45, 7) is 4.83. The Bertz CT molecular complexity index is 1040. The van der Waals surface area contributed by atoms with Gasteiger partial charge in [0, 0.05) is 49.6 Å². The first-order valence-electron chi connectivity index (χ1n) is 9.82. The summed E-state index contributed by atoms with van der Waals surface area (Å²) in [4.78, 5) is 26.7. The second-order valence-electron chi connectivity index (χ2n) is 7.48. The van der Waals surface area contributed by atoms with Crippen molar-refractivity contribution < 1.29 is 18.0 Å². The molecule has 30 heavy (non-hydrogen) atoms. The monoisotopic (exact) mass is 448 g/mol. The van der Waals surface area contributed by atoms with E-state index in [1.54, 1.807) is 48.2 Å². The number of sulfonamides is 1. The smallest absolute Gasteiger partial charge is 0.243 e. The van der Waals surface area contributed by atoms with Gasteiger partial charge in [-0.1, -0.05) is 29.3 Å². The third kappa shape index (κ3) is 5.09. The highest BCUT2D eigenvalue weighted by Gasteiger charge is 2.31. The van der Waals surface area contributed by atoms with Gasteiger partial charge < -0.3 is 4.90 Å². The molecule has 1 fully saturated rings. The lowest BCUT2D eigenvalue weighted by Gasteiger charge is -2.34. The zero-order valence-electron chi connectivity index (χ0n) is 17.1. The molecule has 3 rings (SSSR count). The van der Waals surface area contributed by atoms with Crippen molar-refractivity contribution in [2.75, 3.05) is 26.2 Å². The van der Waals surface area contributed by atoms with Crippen LogP contribution < -0.4 is 0 Å². The largest absolute Gasteiger partial charge is 0.340 e. The number of hydrogen-bond acceptors (Lipinski definition) is 4. The van der Waals surface area contributed by atoms with Crippen LogP contribution in [-0.2, 0) is 14.8 Å². The van der Waals surface area contributed by atoms with E-state index in [9.17, 15) is 18.0 Å². The first-order valence-corrected chi connectivity index (χ1v) is 11.6. The van der Waals surface area contributed by atoms with Gasteiger partial charge in [-0.05, 0) is 49.7 Å². The Labute approximate surface area is 182 Å². The number of amides is 1. The fraction of sp³-hybridized carbons (Fsp3) is 0.364. The molecule has 1 heterocycles. The Morgan fingerprint density at radius 3 is 2.17 bits per heavy atom. The molecule has 0 unspecified atom stereocenters. The Morgan fingerprint density at radius 2 is 1.57 bits per heavy atom. The molecule has 160 valence electrons. The number of benzene rings is 2. The molecule has 0 spiro atoms. The molecule has 0 aliphatic carbocycles. The van der Waals surface area contributed by atoms with Gasteiger partial charge in [0.25, 0.3) is 0 Å². The van der Waals surface area contributed by atoms with Crippen LogP contribution in [0, 0.1) is 13.8 Å². The number of carbonyl (C=O) groups is 2. The molecule has 1 aliphatic rings. The molecular weight excluding hydrogens is 424 g/mol. The Balaban J connectivity index is 1.55. The standard InChI is InChI=1S/C22H25ClN2O4S/c1-16-3-9-21(17(2)15-16)30(28,29)25-13-11-24(12-14-25)22(27)10-8-20(26)18-4-6-19(23)7-5-18/h3-7,9,15H,8,10-14H2,1-2H3. The van der Waals surface area contributed by atoms with Crippen LogP contribution in [0.2, 0.25) is 5.02 Å². The molecule has 0 atom stereocenters. The maximum absolute atomic E-state index is 13.0. The van der Waals surface area contributed by atoms with Gasteiger partial charge in [0.05, 0.1) is 4.90 Å². The Morgan fingerprint density at radius 1 is 0.933 bits per heavy atom. The Kier molecular flexibility index (Phi) is 6.95. The topological polar surface area (TPSA) is 74.8 Å². The van der Waals surface area contributed by atoms with Gasteiger partial charge in [0.1, 0.15) is 0 Å². The van der Waals surface area contributed by atoms with E-state index in [0.29, 0.717) is 34.1 Å². The van der Waals surface area contributed by atoms with E-state index in [2.05, 4.69) is 0 Å². The number of carbonyl (C=O) groups excluding carboxylic acids is 2. The molecule has 1 saturated heterocycles. The Hall–Kier alpha value is -2.22. The summed E-state index contributed by atoms with van der Waals surface area (Å²) in [7, 11) is -3.59. The van der Waals surface area contributed by atoms with Crippen molar-refractivity contribution >= 4 is 33.3 Å². The molecule has 0 radical (unpaired) electrons. The number of nitrogens with zero attached hydrogens (tertiary/aromatic N) is 2. The highest BCUT2D eigenvalue weighted by Crippen LogP contribution is 2.22. The summed E-state index contributed by atoms with van der Waals surface area (Å²) in [5.41, 5.74) is 2.25. The summed E-state index contributed by atoms with van der Waals surface area (Å²) in [6.07, 6.45) is 0.215. The normalized spacial score (nSPS) is 15.2. The number of halogens is 1. The maximum atomic E-state index is 13.0. The second-order valence-corrected chi connectivity index (χ2v) is 9.83. The molecule has 8 heteroatoms. The molecule has 2 aromatic rings. The molecular formula is C22H25ClN2O4S. The van der Waals surface area contributed by atoms with E-state index in [-0.39, 0.29) is 37.6 Å². The number of Topliss-reactive ketones (excluding diaryl/α,β-unsaturated/α-hetero) is 1. The summed E-state index contributed by atoms with van der Waals surface area (Å²) in [5, 5.41) is 0.552. The van der Waals surface area contributed by atoms with Crippen LogP contribution in [0.15, 0.2) is 47.4 Å². The number of aryl methyl sites for hydroxylation is 2. The third-order valence-corrected chi connectivity index (χ3v) is 7.58. The van der Waals surface area contributed by atoms with Gasteiger partial charge >= 0.3 is 0 Å². The van der Waals surface area contributed by atoms with Crippen molar-refractivity contribution in [1.82, 2.24) is 9.21 Å². The van der Waals surface area contributed by atoms with Crippen LogP contribution in [-0.4, -0.2) is 55.5 Å². The van der Waals surface area contributed by atoms with E-state index in [1.165, 1.54) is 4.31 Å². The summed E-state index contributed by atoms with van der Waals surface area (Å²) in [6, 6.07) is 11.9. The average molecular weight is 449 g/mol. The van der Waals surface area contributed by atoms with Gasteiger partial charge in [-0.3, -0.25) is 9.59 Å². The van der Waals surface area contributed by atoms with Crippen molar-refractivity contribution in [3.05, 3.63) is 64.2 Å². The fourth-order valence-corrected chi connectivity index (χ4v) is 5.32. The molecule has 1 aliphatic heterocycles. The molecule has 2 aromatic carbocycles. The van der Waals surface area contributed by atoms with Crippen molar-refractivity contribution in [3.63, 3.8) is 0 Å². The number of hydrogen-bond donors (Lipinski definition) is 0. The predicted octanol–water partition coefficient (Wildman–Crippen LogP) is 3.45. The van der Waals surface area contributed by atoms with Crippen LogP contribution in [0.5, 0.6) is 0 Å². The minimum Gasteiger partial charge on any atom is -0.340 e. The van der Waals surface area contributed by atoms with Gasteiger partial charge in [-0.25, -0.2) is 8.42 Å². The van der Waals surface area contributed by atoms with E-state index < -0.39 is 10.0 Å². The van der Waals surface area contributed by atoms with Gasteiger partial charge in [-0.15, -0.1) is 0 Å². The first-order chi connectivity index (χ1) is 14.2. The number of rotatable bonds is 6. The van der Waals surface area contributed by atoms with Crippen LogP contribution in [0.25, 0.3) is 0 Å². The SMILES string of the molecule is Cc1ccc(S(=O)(=O)N2CCN(C(=O)CCC(=O)c3ccc(Cl)cc3)CC2)c(C)c1. The van der Waals surface area contributed by atoms with E-state index in [4.69, 9.17) is 11.6 Å². The van der Waals surface area contributed by atoms with Gasteiger partial charge in [-0.2, -0.15) is 4.31 Å². The summed E-state index contributed by atoms with van der Waals surface area (Å²) >= 11 is 5.82. The van der Waals surface area contributed by atoms with Crippen molar-refractivity contribution in [2.45, 2.75) is 31.6 Å². The zero-order chi connectivity index (χ0) is 21.9. The third-order valence-electron chi connectivity index (χ3n) is 5.27. The lowest BCUT2D eigenvalue weighted by Crippen LogP contribution is -2.50. The number of piperazine rings is 1. The molecule has 0 aromatic heterocycles.